The number of rotatable bonds is 2. The average Bonchev–Trinajstić information content (AvgIpc) is 2.28. The zero-order valence-corrected chi connectivity index (χ0v) is 9.83. The fourth-order valence-corrected chi connectivity index (χ4v) is 2.49. The van der Waals surface area contributed by atoms with Gasteiger partial charge >= 0.3 is 6.36 Å². The number of benzene rings is 1. The Balaban J connectivity index is 2.27. The third kappa shape index (κ3) is 3.31. The Kier molecular flexibility index (Phi) is 3.68. The minimum absolute atomic E-state index is 0.0942. The Hall–Kier alpha value is -1.39. The van der Waals surface area contributed by atoms with E-state index >= 15 is 0 Å². The minimum Gasteiger partial charge on any atom is -0.508 e. The summed E-state index contributed by atoms with van der Waals surface area (Å²) in [5.74, 6) is -0.389. The molecule has 1 aromatic carbocycles. The highest BCUT2D eigenvalue weighted by atomic mass is 19.4. The molecule has 0 heterocycles. The van der Waals surface area contributed by atoms with Gasteiger partial charge in [-0.2, -0.15) is 0 Å². The van der Waals surface area contributed by atoms with Gasteiger partial charge in [-0.1, -0.05) is 25.3 Å². The van der Waals surface area contributed by atoms with Crippen molar-refractivity contribution in [3.63, 3.8) is 0 Å². The first kappa shape index (κ1) is 13.1. The quantitative estimate of drug-likeness (QED) is 0.857. The van der Waals surface area contributed by atoms with Gasteiger partial charge in [0.25, 0.3) is 0 Å². The highest BCUT2D eigenvalue weighted by Crippen LogP contribution is 2.40. The first-order valence-corrected chi connectivity index (χ1v) is 6.04. The zero-order chi connectivity index (χ0) is 13.2. The lowest BCUT2D eigenvalue weighted by Gasteiger charge is -2.24. The van der Waals surface area contributed by atoms with Crippen LogP contribution >= 0.6 is 0 Å². The van der Waals surface area contributed by atoms with Crippen LogP contribution in [-0.4, -0.2) is 11.5 Å². The molecule has 18 heavy (non-hydrogen) atoms. The first-order valence-electron chi connectivity index (χ1n) is 6.04. The molecule has 1 aliphatic rings. The van der Waals surface area contributed by atoms with Gasteiger partial charge in [0.1, 0.15) is 11.5 Å². The van der Waals surface area contributed by atoms with Crippen molar-refractivity contribution in [2.24, 2.45) is 0 Å². The van der Waals surface area contributed by atoms with Crippen LogP contribution in [0.1, 0.15) is 43.6 Å². The predicted octanol–water partition coefficient (Wildman–Crippen LogP) is 4.34. The smallest absolute Gasteiger partial charge is 0.508 e. The standard InChI is InChI=1S/C13H15F3O2/c14-13(15,16)18-12-8-10(17)6-7-11(12)9-4-2-1-3-5-9/h6-9,17H,1-5H2. The third-order valence-corrected chi connectivity index (χ3v) is 3.27. The summed E-state index contributed by atoms with van der Waals surface area (Å²) < 4.78 is 41.0. The predicted molar refractivity (Wildman–Crippen MR) is 60.6 cm³/mol. The van der Waals surface area contributed by atoms with E-state index in [0.717, 1.165) is 38.2 Å². The van der Waals surface area contributed by atoms with Crippen LogP contribution in [0.4, 0.5) is 13.2 Å². The largest absolute Gasteiger partial charge is 0.573 e. The number of hydrogen-bond donors (Lipinski definition) is 1. The molecule has 1 fully saturated rings. The molecule has 0 unspecified atom stereocenters. The van der Waals surface area contributed by atoms with Crippen molar-refractivity contribution >= 4 is 0 Å². The number of halogens is 3. The summed E-state index contributed by atoms with van der Waals surface area (Å²) in [6, 6.07) is 3.98. The number of phenolic OH excluding ortho intramolecular Hbond substituents is 1. The van der Waals surface area contributed by atoms with Crippen LogP contribution in [0.3, 0.4) is 0 Å². The second-order valence-corrected chi connectivity index (χ2v) is 4.60. The summed E-state index contributed by atoms with van der Waals surface area (Å²) in [5.41, 5.74) is 0.546. The van der Waals surface area contributed by atoms with Crippen molar-refractivity contribution in [1.29, 1.82) is 0 Å². The van der Waals surface area contributed by atoms with E-state index in [9.17, 15) is 18.3 Å². The SMILES string of the molecule is Oc1ccc(C2CCCCC2)c(OC(F)(F)F)c1. The molecule has 1 aromatic rings. The van der Waals surface area contributed by atoms with Crippen LogP contribution in [0.2, 0.25) is 0 Å². The van der Waals surface area contributed by atoms with Crippen molar-refractivity contribution in [2.45, 2.75) is 44.4 Å². The van der Waals surface area contributed by atoms with Gasteiger partial charge in [-0.25, -0.2) is 0 Å². The van der Waals surface area contributed by atoms with Gasteiger partial charge in [0.15, 0.2) is 0 Å². The van der Waals surface area contributed by atoms with Crippen molar-refractivity contribution < 1.29 is 23.0 Å². The van der Waals surface area contributed by atoms with Crippen LogP contribution in [-0.2, 0) is 0 Å². The molecule has 0 aromatic heterocycles. The maximum atomic E-state index is 12.3. The molecule has 0 atom stereocenters. The average molecular weight is 260 g/mol. The van der Waals surface area contributed by atoms with Crippen LogP contribution in [0.25, 0.3) is 0 Å². The molecule has 2 rings (SSSR count). The Morgan fingerprint density at radius 3 is 2.39 bits per heavy atom. The van der Waals surface area contributed by atoms with Crippen LogP contribution < -0.4 is 4.74 Å². The van der Waals surface area contributed by atoms with Crippen LogP contribution in [0, 0.1) is 0 Å². The summed E-state index contributed by atoms with van der Waals surface area (Å²) in [4.78, 5) is 0. The monoisotopic (exact) mass is 260 g/mol. The fourth-order valence-electron chi connectivity index (χ4n) is 2.49. The molecule has 0 radical (unpaired) electrons. The van der Waals surface area contributed by atoms with Gasteiger partial charge < -0.3 is 9.84 Å². The highest BCUT2D eigenvalue weighted by Gasteiger charge is 2.33. The Bertz CT molecular complexity index is 409. The Morgan fingerprint density at radius 2 is 1.78 bits per heavy atom. The lowest BCUT2D eigenvalue weighted by Crippen LogP contribution is -2.19. The second-order valence-electron chi connectivity index (χ2n) is 4.60. The van der Waals surface area contributed by atoms with Crippen LogP contribution in [0.15, 0.2) is 18.2 Å². The van der Waals surface area contributed by atoms with Gasteiger partial charge in [0, 0.05) is 6.07 Å². The van der Waals surface area contributed by atoms with Crippen LogP contribution in [0.5, 0.6) is 11.5 Å². The van der Waals surface area contributed by atoms with Crippen molar-refractivity contribution in [3.05, 3.63) is 23.8 Å². The molecule has 1 saturated carbocycles. The molecule has 0 bridgehead atoms. The zero-order valence-electron chi connectivity index (χ0n) is 9.83. The van der Waals surface area contributed by atoms with E-state index in [1.165, 1.54) is 12.1 Å². The summed E-state index contributed by atoms with van der Waals surface area (Å²) in [6.45, 7) is 0. The maximum absolute atomic E-state index is 12.3. The number of ether oxygens (including phenoxy) is 1. The van der Waals surface area contributed by atoms with E-state index in [-0.39, 0.29) is 17.4 Å². The summed E-state index contributed by atoms with van der Waals surface area (Å²) >= 11 is 0. The van der Waals surface area contributed by atoms with Gasteiger partial charge in [-0.05, 0) is 30.4 Å². The minimum atomic E-state index is -4.72. The van der Waals surface area contributed by atoms with Gasteiger partial charge in [0.2, 0.25) is 0 Å². The number of phenols is 1. The number of alkyl halides is 3. The molecule has 1 aliphatic carbocycles. The molecule has 1 N–H and O–H groups in total. The van der Waals surface area contributed by atoms with E-state index in [1.807, 2.05) is 0 Å². The molecule has 2 nitrogen and oxygen atoms in total. The van der Waals surface area contributed by atoms with E-state index < -0.39 is 6.36 Å². The molecule has 0 saturated heterocycles. The molecule has 0 amide bonds. The van der Waals surface area contributed by atoms with Gasteiger partial charge in [-0.15, -0.1) is 13.2 Å². The lowest BCUT2D eigenvalue weighted by atomic mass is 9.83. The summed E-state index contributed by atoms with van der Waals surface area (Å²) in [5, 5.41) is 9.29. The number of aromatic hydroxyl groups is 1. The van der Waals surface area contributed by atoms with Crippen molar-refractivity contribution in [2.75, 3.05) is 0 Å². The lowest BCUT2D eigenvalue weighted by molar-refractivity contribution is -0.275. The third-order valence-electron chi connectivity index (χ3n) is 3.27. The topological polar surface area (TPSA) is 29.5 Å². The van der Waals surface area contributed by atoms with E-state index in [1.54, 1.807) is 0 Å². The number of hydrogen-bond acceptors (Lipinski definition) is 2. The molecular formula is C13H15F3O2. The van der Waals surface area contributed by atoms with E-state index in [0.29, 0.717) is 5.56 Å². The van der Waals surface area contributed by atoms with E-state index in [4.69, 9.17) is 0 Å². The van der Waals surface area contributed by atoms with Gasteiger partial charge in [0.05, 0.1) is 0 Å². The van der Waals surface area contributed by atoms with E-state index in [2.05, 4.69) is 4.74 Å². The molecular weight excluding hydrogens is 245 g/mol. The fraction of sp³-hybridized carbons (Fsp3) is 0.538. The molecule has 0 spiro atoms. The summed E-state index contributed by atoms with van der Waals surface area (Å²) in [7, 11) is 0. The first-order chi connectivity index (χ1) is 8.46. The van der Waals surface area contributed by atoms with Crippen molar-refractivity contribution in [1.82, 2.24) is 0 Å². The normalized spacial score (nSPS) is 17.7. The summed E-state index contributed by atoms with van der Waals surface area (Å²) in [6.07, 6.45) is 0.202. The van der Waals surface area contributed by atoms with Crippen molar-refractivity contribution in [3.8, 4) is 11.5 Å². The Morgan fingerprint density at radius 1 is 1.11 bits per heavy atom. The molecule has 100 valence electrons. The molecule has 5 heteroatoms. The molecule has 0 aliphatic heterocycles. The maximum Gasteiger partial charge on any atom is 0.573 e. The Labute approximate surface area is 103 Å². The second kappa shape index (κ2) is 5.08. The highest BCUT2D eigenvalue weighted by molar-refractivity contribution is 5.42. The van der Waals surface area contributed by atoms with Gasteiger partial charge in [-0.3, -0.25) is 0 Å².